The average Bonchev–Trinajstić information content (AvgIpc) is 3.44. The molecule has 0 atom stereocenters. The first-order valence-electron chi connectivity index (χ1n) is 10.9. The van der Waals surface area contributed by atoms with E-state index >= 15 is 0 Å². The molecule has 1 aliphatic heterocycles. The summed E-state index contributed by atoms with van der Waals surface area (Å²) < 4.78 is 17.6. The summed E-state index contributed by atoms with van der Waals surface area (Å²) in [6.45, 7) is 0.582. The fourth-order valence-corrected chi connectivity index (χ4v) is 4.46. The van der Waals surface area contributed by atoms with Crippen LogP contribution in [0.25, 0.3) is 17.0 Å². The molecule has 11 heteroatoms. The van der Waals surface area contributed by atoms with Gasteiger partial charge in [-0.25, -0.2) is 9.48 Å². The van der Waals surface area contributed by atoms with Crippen molar-refractivity contribution in [2.45, 2.75) is 13.1 Å². The first kappa shape index (κ1) is 23.4. The van der Waals surface area contributed by atoms with Crippen LogP contribution in [-0.2, 0) is 17.9 Å². The molecule has 4 aromatic rings. The Labute approximate surface area is 209 Å². The number of aromatic nitrogens is 3. The van der Waals surface area contributed by atoms with E-state index < -0.39 is 5.63 Å². The molecule has 5 rings (SSSR count). The number of thioether (sulfide) groups is 1. The van der Waals surface area contributed by atoms with Gasteiger partial charge in [-0.15, -0.1) is 5.10 Å². The van der Waals surface area contributed by atoms with Gasteiger partial charge in [-0.2, -0.15) is 0 Å². The Morgan fingerprint density at radius 2 is 1.89 bits per heavy atom. The van der Waals surface area contributed by atoms with Gasteiger partial charge in [0.2, 0.25) is 0 Å². The van der Waals surface area contributed by atoms with Crippen LogP contribution in [-0.4, -0.2) is 44.8 Å². The highest BCUT2D eigenvalue weighted by Crippen LogP contribution is 2.33. The molecule has 2 aromatic heterocycles. The molecule has 36 heavy (non-hydrogen) atoms. The number of fused-ring (bicyclic) bond motifs is 1. The number of amides is 2. The molecule has 0 N–H and O–H groups in total. The van der Waals surface area contributed by atoms with Crippen molar-refractivity contribution in [2.24, 2.45) is 0 Å². The van der Waals surface area contributed by atoms with Gasteiger partial charge in [0.15, 0.2) is 0 Å². The smallest absolute Gasteiger partial charge is 0.339 e. The Hall–Kier alpha value is -4.38. The Bertz CT molecular complexity index is 1530. The van der Waals surface area contributed by atoms with E-state index in [-0.39, 0.29) is 24.3 Å². The van der Waals surface area contributed by atoms with Gasteiger partial charge >= 0.3 is 5.63 Å². The molecule has 0 aliphatic carbocycles. The lowest BCUT2D eigenvalue weighted by Crippen LogP contribution is -2.27. The van der Waals surface area contributed by atoms with Crippen LogP contribution in [0.15, 0.2) is 74.9 Å². The van der Waals surface area contributed by atoms with Crippen molar-refractivity contribution in [3.05, 3.63) is 87.4 Å². The molecule has 1 saturated heterocycles. The largest absolute Gasteiger partial charge is 0.497 e. The van der Waals surface area contributed by atoms with Gasteiger partial charge < -0.3 is 13.9 Å². The van der Waals surface area contributed by atoms with Crippen LogP contribution in [0, 0.1) is 0 Å². The fraction of sp³-hybridized carbons (Fsp3) is 0.160. The quantitative estimate of drug-likeness (QED) is 0.261. The van der Waals surface area contributed by atoms with Gasteiger partial charge in [0.1, 0.15) is 29.4 Å². The lowest BCUT2D eigenvalue weighted by atomic mass is 10.2. The first-order chi connectivity index (χ1) is 17.5. The zero-order valence-electron chi connectivity index (χ0n) is 19.1. The number of benzene rings is 2. The number of imide groups is 1. The minimum Gasteiger partial charge on any atom is -0.497 e. The predicted molar refractivity (Wildman–Crippen MR) is 133 cm³/mol. The molecule has 0 saturated carbocycles. The van der Waals surface area contributed by atoms with Crippen molar-refractivity contribution in [3.8, 4) is 11.5 Å². The highest BCUT2D eigenvalue weighted by molar-refractivity contribution is 8.18. The van der Waals surface area contributed by atoms with Gasteiger partial charge in [-0.05, 0) is 47.7 Å². The van der Waals surface area contributed by atoms with Gasteiger partial charge in [-0.3, -0.25) is 14.5 Å². The third-order valence-corrected chi connectivity index (χ3v) is 6.29. The van der Waals surface area contributed by atoms with Crippen LogP contribution in [0.4, 0.5) is 4.79 Å². The summed E-state index contributed by atoms with van der Waals surface area (Å²) in [4.78, 5) is 38.5. The lowest BCUT2D eigenvalue weighted by molar-refractivity contribution is -0.123. The monoisotopic (exact) mass is 504 g/mol. The summed E-state index contributed by atoms with van der Waals surface area (Å²) in [6.07, 6.45) is 3.32. The van der Waals surface area contributed by atoms with Crippen LogP contribution in [0.3, 0.4) is 0 Å². The molecule has 1 fully saturated rings. The molecule has 0 spiro atoms. The van der Waals surface area contributed by atoms with E-state index in [4.69, 9.17) is 13.9 Å². The van der Waals surface area contributed by atoms with Crippen molar-refractivity contribution in [1.82, 2.24) is 19.9 Å². The number of para-hydroxylation sites is 1. The number of ether oxygens (including phenoxy) is 2. The topological polar surface area (TPSA) is 117 Å². The zero-order chi connectivity index (χ0) is 25.1. The molecule has 0 bridgehead atoms. The van der Waals surface area contributed by atoms with Gasteiger partial charge in [0, 0.05) is 0 Å². The minimum absolute atomic E-state index is 0.00977. The van der Waals surface area contributed by atoms with Gasteiger partial charge in [0.05, 0.1) is 42.8 Å². The highest BCUT2D eigenvalue weighted by Gasteiger charge is 2.35. The second-order valence-electron chi connectivity index (χ2n) is 7.79. The molecule has 182 valence electrons. The Morgan fingerprint density at radius 3 is 2.69 bits per heavy atom. The van der Waals surface area contributed by atoms with Crippen molar-refractivity contribution < 1.29 is 23.5 Å². The number of rotatable bonds is 8. The molecule has 10 nitrogen and oxygen atoms in total. The van der Waals surface area contributed by atoms with Crippen molar-refractivity contribution in [3.63, 3.8) is 0 Å². The number of nitrogens with zero attached hydrogens (tertiary/aromatic N) is 4. The second-order valence-corrected chi connectivity index (χ2v) is 8.78. The summed E-state index contributed by atoms with van der Waals surface area (Å²) in [5.41, 5.74) is 1.20. The summed E-state index contributed by atoms with van der Waals surface area (Å²) >= 11 is 0.885. The lowest BCUT2D eigenvalue weighted by Gasteiger charge is -2.09. The Balaban J connectivity index is 1.20. The molecular weight excluding hydrogens is 484 g/mol. The van der Waals surface area contributed by atoms with Crippen molar-refractivity contribution in [2.75, 3.05) is 13.7 Å². The molecule has 2 amide bonds. The van der Waals surface area contributed by atoms with Crippen LogP contribution >= 0.6 is 11.8 Å². The van der Waals surface area contributed by atoms with Crippen LogP contribution < -0.4 is 15.1 Å². The Morgan fingerprint density at radius 1 is 1.08 bits per heavy atom. The van der Waals surface area contributed by atoms with Crippen molar-refractivity contribution >= 4 is 40.0 Å². The van der Waals surface area contributed by atoms with E-state index in [0.717, 1.165) is 22.2 Å². The normalized spacial score (nSPS) is 14.7. The third-order valence-electron chi connectivity index (χ3n) is 5.38. The number of methoxy groups -OCH3 is 1. The van der Waals surface area contributed by atoms with Crippen LogP contribution in [0.1, 0.15) is 11.3 Å². The number of carbonyl (C=O) groups excluding carboxylic acids is 2. The fourth-order valence-electron chi connectivity index (χ4n) is 3.62. The maximum atomic E-state index is 12.8. The summed E-state index contributed by atoms with van der Waals surface area (Å²) in [5, 5.41) is 8.44. The van der Waals surface area contributed by atoms with E-state index in [1.165, 1.54) is 6.07 Å². The average molecular weight is 505 g/mol. The third kappa shape index (κ3) is 5.01. The van der Waals surface area contributed by atoms with E-state index in [1.807, 2.05) is 18.2 Å². The molecule has 3 heterocycles. The zero-order valence-corrected chi connectivity index (χ0v) is 19.9. The van der Waals surface area contributed by atoms with Gasteiger partial charge in [0.25, 0.3) is 11.1 Å². The Kier molecular flexibility index (Phi) is 6.54. The second kappa shape index (κ2) is 10.1. The summed E-state index contributed by atoms with van der Waals surface area (Å²) in [7, 11) is 1.58. The molecule has 1 aliphatic rings. The minimum atomic E-state index is -0.495. The molecule has 0 unspecified atom stereocenters. The van der Waals surface area contributed by atoms with E-state index in [1.54, 1.807) is 54.4 Å². The summed E-state index contributed by atoms with van der Waals surface area (Å²) in [5.74, 6) is 0.744. The van der Waals surface area contributed by atoms with Crippen LogP contribution in [0.2, 0.25) is 0 Å². The van der Waals surface area contributed by atoms with Crippen LogP contribution in [0.5, 0.6) is 11.5 Å². The predicted octanol–water partition coefficient (Wildman–Crippen LogP) is 3.71. The molecule has 2 aromatic carbocycles. The SMILES string of the molecule is COc1ccc(/C=C2/SC(=O)N(Cc3cn(CCOc4cc(=O)oc5ccccc45)nn3)C2=O)cc1. The first-order valence-corrected chi connectivity index (χ1v) is 11.8. The van der Waals surface area contributed by atoms with E-state index in [0.29, 0.717) is 39.6 Å². The number of hydrogen-bond acceptors (Lipinski definition) is 9. The maximum absolute atomic E-state index is 12.8. The highest BCUT2D eigenvalue weighted by atomic mass is 32.2. The molecule has 0 radical (unpaired) electrons. The standard InChI is InChI=1S/C25H20N4O6S/c1-33-18-8-6-16(7-9-18)12-22-24(31)29(25(32)36-22)15-17-14-28(27-26-17)10-11-34-21-13-23(30)35-20-5-3-2-4-19(20)21/h2-9,12-14H,10-11,15H2,1H3/b22-12+. The van der Waals surface area contributed by atoms with Gasteiger partial charge in [-0.1, -0.05) is 29.5 Å². The number of carbonyl (C=O) groups is 2. The van der Waals surface area contributed by atoms with E-state index in [2.05, 4.69) is 10.3 Å². The molecular formula is C25H20N4O6S. The van der Waals surface area contributed by atoms with E-state index in [9.17, 15) is 14.4 Å². The summed E-state index contributed by atoms with van der Waals surface area (Å²) in [6, 6.07) is 15.6. The number of hydrogen-bond donors (Lipinski definition) is 0. The maximum Gasteiger partial charge on any atom is 0.339 e. The van der Waals surface area contributed by atoms with Crippen molar-refractivity contribution in [1.29, 1.82) is 0 Å².